The molecule has 3 fully saturated rings. The second-order valence-corrected chi connectivity index (χ2v) is 18.6. The first-order valence-electron chi connectivity index (χ1n) is 8.12. The molecule has 0 nitrogen and oxygen atoms in total. The van der Waals surface area contributed by atoms with Crippen molar-refractivity contribution in [3.05, 3.63) is 0 Å². The third-order valence-corrected chi connectivity index (χ3v) is 6.40. The minimum absolute atomic E-state index is 0.364. The Morgan fingerprint density at radius 1 is 0.550 bits per heavy atom. The molecule has 0 amide bonds. The maximum absolute atomic E-state index is 3.72. The largest absolute Gasteiger partial charge is 0.131 e. The lowest BCUT2D eigenvalue weighted by molar-refractivity contribution is 0.0719. The van der Waals surface area contributed by atoms with E-state index in [1.54, 1.807) is 0 Å². The van der Waals surface area contributed by atoms with Gasteiger partial charge in [0.05, 0.1) is 0 Å². The van der Waals surface area contributed by atoms with Crippen LogP contribution in [0.15, 0.2) is 0 Å². The molecule has 3 aliphatic carbocycles. The molecule has 0 aromatic rings. The Hall–Kier alpha value is -0.446. The molecule has 0 atom stereocenters. The van der Waals surface area contributed by atoms with E-state index in [0.29, 0.717) is 10.8 Å². The quantitative estimate of drug-likeness (QED) is 0.432. The molecule has 0 heterocycles. The lowest BCUT2D eigenvalue weighted by atomic mass is 9.54. The van der Waals surface area contributed by atoms with Gasteiger partial charge in [-0.3, -0.25) is 0 Å². The Labute approximate surface area is 128 Å². The maximum Gasteiger partial charge on any atom is 0.129 e. The van der Waals surface area contributed by atoms with E-state index in [2.05, 4.69) is 62.2 Å². The zero-order valence-electron chi connectivity index (χ0n) is 14.2. The molecule has 3 rings (SSSR count). The van der Waals surface area contributed by atoms with Crippen molar-refractivity contribution in [1.29, 1.82) is 0 Å². The topological polar surface area (TPSA) is 0 Å². The average molecular weight is 303 g/mol. The highest BCUT2D eigenvalue weighted by molar-refractivity contribution is 6.84. The SMILES string of the molecule is C[Si](C)(C)C#CC12CCC(C#C[Si](C)(C)C)(CC1)CC2. The zero-order valence-corrected chi connectivity index (χ0v) is 16.2. The van der Waals surface area contributed by atoms with Crippen molar-refractivity contribution < 1.29 is 0 Å². The van der Waals surface area contributed by atoms with Crippen LogP contribution in [0.25, 0.3) is 0 Å². The molecule has 0 radical (unpaired) electrons. The van der Waals surface area contributed by atoms with Gasteiger partial charge in [0.1, 0.15) is 16.1 Å². The van der Waals surface area contributed by atoms with E-state index in [0.717, 1.165) is 0 Å². The molecular weight excluding hydrogens is 272 g/mol. The van der Waals surface area contributed by atoms with Gasteiger partial charge in [-0.15, -0.1) is 22.9 Å². The van der Waals surface area contributed by atoms with E-state index in [-0.39, 0.29) is 0 Å². The molecule has 110 valence electrons. The van der Waals surface area contributed by atoms with Crippen molar-refractivity contribution in [1.82, 2.24) is 0 Å². The van der Waals surface area contributed by atoms with Gasteiger partial charge in [0, 0.05) is 10.8 Å². The maximum atomic E-state index is 3.72. The predicted molar refractivity (Wildman–Crippen MR) is 94.8 cm³/mol. The first-order chi connectivity index (χ1) is 9.04. The van der Waals surface area contributed by atoms with E-state index in [4.69, 9.17) is 0 Å². The summed E-state index contributed by atoms with van der Waals surface area (Å²) in [6, 6.07) is 0. The molecule has 2 bridgehead atoms. The molecule has 0 aliphatic heterocycles. The number of hydrogen-bond donors (Lipinski definition) is 0. The van der Waals surface area contributed by atoms with Gasteiger partial charge in [0.2, 0.25) is 0 Å². The molecule has 0 aromatic carbocycles. The van der Waals surface area contributed by atoms with Crippen LogP contribution in [0.5, 0.6) is 0 Å². The minimum Gasteiger partial charge on any atom is -0.131 e. The highest BCUT2D eigenvalue weighted by Gasteiger charge is 2.47. The molecule has 3 aliphatic rings. The predicted octanol–water partition coefficient (Wildman–Crippen LogP) is 5.09. The molecular formula is C18H30Si2. The van der Waals surface area contributed by atoms with Crippen LogP contribution in [0.2, 0.25) is 39.3 Å². The van der Waals surface area contributed by atoms with Crippen molar-refractivity contribution in [3.63, 3.8) is 0 Å². The molecule has 0 saturated heterocycles. The van der Waals surface area contributed by atoms with Crippen LogP contribution in [0, 0.1) is 33.8 Å². The second-order valence-electron chi connectivity index (χ2n) is 9.06. The van der Waals surface area contributed by atoms with Crippen LogP contribution < -0.4 is 0 Å². The van der Waals surface area contributed by atoms with E-state index in [1.165, 1.54) is 38.5 Å². The lowest BCUT2D eigenvalue weighted by Crippen LogP contribution is -2.40. The highest BCUT2D eigenvalue weighted by atomic mass is 28.3. The summed E-state index contributed by atoms with van der Waals surface area (Å²) in [6.07, 6.45) is 7.78. The highest BCUT2D eigenvalue weighted by Crippen LogP contribution is 2.56. The minimum atomic E-state index is -1.23. The summed E-state index contributed by atoms with van der Waals surface area (Å²) in [5.74, 6) is 7.45. The molecule has 0 aromatic heterocycles. The van der Waals surface area contributed by atoms with Gasteiger partial charge in [-0.05, 0) is 38.5 Å². The van der Waals surface area contributed by atoms with Crippen LogP contribution in [-0.4, -0.2) is 16.1 Å². The van der Waals surface area contributed by atoms with Crippen molar-refractivity contribution in [2.75, 3.05) is 0 Å². The van der Waals surface area contributed by atoms with Crippen molar-refractivity contribution in [2.24, 2.45) is 10.8 Å². The van der Waals surface area contributed by atoms with Crippen molar-refractivity contribution in [3.8, 4) is 22.9 Å². The van der Waals surface area contributed by atoms with Crippen LogP contribution in [0.3, 0.4) is 0 Å². The Balaban J connectivity index is 2.11. The fourth-order valence-corrected chi connectivity index (χ4v) is 4.48. The summed E-state index contributed by atoms with van der Waals surface area (Å²) < 4.78 is 0. The van der Waals surface area contributed by atoms with E-state index in [1.807, 2.05) is 0 Å². The summed E-state index contributed by atoms with van der Waals surface area (Å²) in [7, 11) is -2.46. The third kappa shape index (κ3) is 4.03. The fourth-order valence-electron chi connectivity index (χ4n) is 3.20. The monoisotopic (exact) mass is 302 g/mol. The fraction of sp³-hybridized carbons (Fsp3) is 0.778. The van der Waals surface area contributed by atoms with Gasteiger partial charge in [-0.1, -0.05) is 39.3 Å². The average Bonchev–Trinajstić information content (AvgIpc) is 2.35. The van der Waals surface area contributed by atoms with Crippen LogP contribution in [0.4, 0.5) is 0 Å². The second kappa shape index (κ2) is 5.08. The molecule has 0 N–H and O–H groups in total. The summed E-state index contributed by atoms with van der Waals surface area (Å²) in [4.78, 5) is 0. The van der Waals surface area contributed by atoms with E-state index < -0.39 is 16.1 Å². The van der Waals surface area contributed by atoms with Crippen molar-refractivity contribution >= 4 is 16.1 Å². The smallest absolute Gasteiger partial charge is 0.129 e. The number of fused-ring (bicyclic) bond motifs is 3. The lowest BCUT2D eigenvalue weighted by Gasteiger charge is -2.49. The molecule has 2 heteroatoms. The Morgan fingerprint density at radius 3 is 1.00 bits per heavy atom. The zero-order chi connectivity index (χ0) is 15.1. The number of rotatable bonds is 0. The molecule has 20 heavy (non-hydrogen) atoms. The Kier molecular flexibility index (Phi) is 4.05. The van der Waals surface area contributed by atoms with E-state index >= 15 is 0 Å². The van der Waals surface area contributed by atoms with Crippen molar-refractivity contribution in [2.45, 2.75) is 77.8 Å². The standard InChI is InChI=1S/C18H30Si2/c1-19(2,3)15-13-17-7-10-18(11-8-17,12-9-17)14-16-20(4,5)6/h7-12H2,1-6H3. The normalized spacial score (nSPS) is 32.9. The van der Waals surface area contributed by atoms with Gasteiger partial charge in [-0.2, -0.15) is 0 Å². The van der Waals surface area contributed by atoms with Gasteiger partial charge in [0.25, 0.3) is 0 Å². The van der Waals surface area contributed by atoms with Gasteiger partial charge in [0.15, 0.2) is 0 Å². The van der Waals surface area contributed by atoms with Crippen LogP contribution >= 0.6 is 0 Å². The summed E-state index contributed by atoms with van der Waals surface area (Å²) in [5, 5.41) is 0. The number of hydrogen-bond acceptors (Lipinski definition) is 0. The molecule has 0 spiro atoms. The van der Waals surface area contributed by atoms with Crippen LogP contribution in [0.1, 0.15) is 38.5 Å². The summed E-state index contributed by atoms with van der Waals surface area (Å²) in [6.45, 7) is 14.1. The van der Waals surface area contributed by atoms with Gasteiger partial charge < -0.3 is 0 Å². The summed E-state index contributed by atoms with van der Waals surface area (Å²) in [5.41, 5.74) is 8.00. The molecule has 3 saturated carbocycles. The third-order valence-electron chi connectivity index (χ3n) is 4.65. The Morgan fingerprint density at radius 2 is 0.800 bits per heavy atom. The molecule has 0 unspecified atom stereocenters. The first-order valence-corrected chi connectivity index (χ1v) is 15.1. The van der Waals surface area contributed by atoms with Crippen LogP contribution in [-0.2, 0) is 0 Å². The first kappa shape index (κ1) is 15.9. The summed E-state index contributed by atoms with van der Waals surface area (Å²) >= 11 is 0. The van der Waals surface area contributed by atoms with E-state index in [9.17, 15) is 0 Å². The Bertz CT molecular complexity index is 421. The van der Waals surface area contributed by atoms with Gasteiger partial charge in [-0.25, -0.2) is 0 Å². The van der Waals surface area contributed by atoms with Gasteiger partial charge >= 0.3 is 0 Å².